The van der Waals surface area contributed by atoms with Crippen molar-refractivity contribution in [3.63, 3.8) is 0 Å². The second-order valence-electron chi connectivity index (χ2n) is 4.02. The van der Waals surface area contributed by atoms with Crippen molar-refractivity contribution in [2.45, 2.75) is 24.6 Å². The third-order valence-corrected chi connectivity index (χ3v) is 3.03. The number of nitrogens with one attached hydrogen (secondary N) is 1. The van der Waals surface area contributed by atoms with Crippen LogP contribution >= 0.6 is 0 Å². The molecule has 1 nitrogen and oxygen atoms in total. The molecule has 0 spiro atoms. The zero-order valence-corrected chi connectivity index (χ0v) is 8.66. The summed E-state index contributed by atoms with van der Waals surface area (Å²) in [5.41, 5.74) is -1.35. The van der Waals surface area contributed by atoms with Crippen LogP contribution in [0.2, 0.25) is 0 Å². The number of hydrogen-bond donors (Lipinski definition) is 1. The largest absolute Gasteiger partial charge is 0.416 e. The number of benzene rings is 1. The molecule has 1 saturated carbocycles. The van der Waals surface area contributed by atoms with Crippen LogP contribution in [0.1, 0.15) is 24.0 Å². The van der Waals surface area contributed by atoms with Gasteiger partial charge in [0.15, 0.2) is 0 Å². The molecule has 0 bridgehead atoms. The normalized spacial score (nSPS) is 18.6. The predicted molar refractivity (Wildman–Crippen MR) is 51.4 cm³/mol. The third-order valence-electron chi connectivity index (χ3n) is 3.03. The van der Waals surface area contributed by atoms with Crippen LogP contribution in [-0.4, -0.2) is 7.05 Å². The summed E-state index contributed by atoms with van der Waals surface area (Å²) < 4.78 is 51.1. The van der Waals surface area contributed by atoms with E-state index in [9.17, 15) is 17.6 Å². The fourth-order valence-corrected chi connectivity index (χ4v) is 1.95. The molecule has 5 heteroatoms. The highest BCUT2D eigenvalue weighted by molar-refractivity contribution is 5.39. The molecule has 0 saturated heterocycles. The maximum absolute atomic E-state index is 12.9. The Morgan fingerprint density at radius 2 is 1.88 bits per heavy atom. The van der Waals surface area contributed by atoms with Gasteiger partial charge in [-0.1, -0.05) is 6.07 Å². The molecule has 1 aliphatic rings. The summed E-state index contributed by atoms with van der Waals surface area (Å²) in [5.74, 6) is -0.858. The van der Waals surface area contributed by atoms with Gasteiger partial charge in [-0.2, -0.15) is 13.2 Å². The molecule has 88 valence electrons. The first-order valence-electron chi connectivity index (χ1n) is 4.95. The van der Waals surface area contributed by atoms with E-state index in [-0.39, 0.29) is 5.56 Å². The maximum Gasteiger partial charge on any atom is 0.416 e. The molecule has 0 heterocycles. The molecule has 1 aromatic rings. The van der Waals surface area contributed by atoms with Crippen LogP contribution in [0.5, 0.6) is 0 Å². The van der Waals surface area contributed by atoms with Crippen molar-refractivity contribution in [1.29, 1.82) is 0 Å². The number of hydrogen-bond acceptors (Lipinski definition) is 1. The smallest absolute Gasteiger partial charge is 0.310 e. The molecule has 16 heavy (non-hydrogen) atoms. The second-order valence-corrected chi connectivity index (χ2v) is 4.02. The highest BCUT2D eigenvalue weighted by Crippen LogP contribution is 2.49. The van der Waals surface area contributed by atoms with E-state index in [1.807, 2.05) is 0 Å². The Hall–Kier alpha value is -1.10. The van der Waals surface area contributed by atoms with Crippen molar-refractivity contribution >= 4 is 0 Å². The minimum Gasteiger partial charge on any atom is -0.310 e. The molecule has 1 aromatic carbocycles. The number of rotatable bonds is 2. The zero-order chi connectivity index (χ0) is 12.0. The van der Waals surface area contributed by atoms with Crippen molar-refractivity contribution in [2.24, 2.45) is 0 Å². The van der Waals surface area contributed by atoms with E-state index in [1.165, 1.54) is 6.07 Å². The molecule has 0 amide bonds. The minimum absolute atomic E-state index is 0.143. The van der Waals surface area contributed by atoms with E-state index < -0.39 is 23.1 Å². The zero-order valence-electron chi connectivity index (χ0n) is 8.66. The van der Waals surface area contributed by atoms with Crippen molar-refractivity contribution in [3.05, 3.63) is 35.1 Å². The van der Waals surface area contributed by atoms with Crippen molar-refractivity contribution in [2.75, 3.05) is 7.05 Å². The van der Waals surface area contributed by atoms with Crippen LogP contribution in [-0.2, 0) is 11.7 Å². The summed E-state index contributed by atoms with van der Waals surface area (Å²) in [6, 6.07) is 2.86. The molecule has 1 N–H and O–H groups in total. The van der Waals surface area contributed by atoms with Gasteiger partial charge in [0, 0.05) is 5.54 Å². The van der Waals surface area contributed by atoms with Gasteiger partial charge < -0.3 is 5.32 Å². The third kappa shape index (κ3) is 1.80. The summed E-state index contributed by atoms with van der Waals surface area (Å²) in [4.78, 5) is 0. The standard InChI is InChI=1S/C11H11F4N/c1-16-10(4-5-10)8-3-2-7(12)6-9(8)11(13,14)15/h2-3,6,16H,4-5H2,1H3. The summed E-state index contributed by atoms with van der Waals surface area (Å²) in [7, 11) is 1.62. The number of halogens is 4. The lowest BCUT2D eigenvalue weighted by Gasteiger charge is -2.20. The molecule has 0 atom stereocenters. The van der Waals surface area contributed by atoms with Gasteiger partial charge in [-0.05, 0) is 37.6 Å². The molecular weight excluding hydrogens is 222 g/mol. The summed E-state index contributed by atoms with van der Waals surface area (Å²) in [6.45, 7) is 0. The lowest BCUT2D eigenvalue weighted by atomic mass is 9.98. The first-order chi connectivity index (χ1) is 7.39. The lowest BCUT2D eigenvalue weighted by Crippen LogP contribution is -2.28. The van der Waals surface area contributed by atoms with Crippen LogP contribution < -0.4 is 5.32 Å². The van der Waals surface area contributed by atoms with Gasteiger partial charge in [0.05, 0.1) is 5.56 Å². The lowest BCUT2D eigenvalue weighted by molar-refractivity contribution is -0.138. The predicted octanol–water partition coefficient (Wildman–Crippen LogP) is 3.05. The molecule has 0 radical (unpaired) electrons. The van der Waals surface area contributed by atoms with E-state index in [0.717, 1.165) is 6.07 Å². The fraction of sp³-hybridized carbons (Fsp3) is 0.455. The van der Waals surface area contributed by atoms with Gasteiger partial charge >= 0.3 is 6.18 Å². The molecule has 1 fully saturated rings. The highest BCUT2D eigenvalue weighted by Gasteiger charge is 2.48. The van der Waals surface area contributed by atoms with Crippen LogP contribution in [0.3, 0.4) is 0 Å². The molecule has 2 rings (SSSR count). The molecule has 1 aliphatic carbocycles. The second kappa shape index (κ2) is 3.45. The summed E-state index contributed by atoms with van der Waals surface area (Å²) in [5, 5.41) is 2.88. The van der Waals surface area contributed by atoms with Crippen molar-refractivity contribution < 1.29 is 17.6 Å². The van der Waals surface area contributed by atoms with Gasteiger partial charge in [-0.15, -0.1) is 0 Å². The maximum atomic E-state index is 12.9. The highest BCUT2D eigenvalue weighted by atomic mass is 19.4. The van der Waals surface area contributed by atoms with Gasteiger partial charge in [-0.3, -0.25) is 0 Å². The Balaban J connectivity index is 2.53. The Morgan fingerprint density at radius 3 is 2.31 bits per heavy atom. The van der Waals surface area contributed by atoms with Gasteiger partial charge in [-0.25, -0.2) is 4.39 Å². The Kier molecular flexibility index (Phi) is 2.45. The van der Waals surface area contributed by atoms with E-state index in [1.54, 1.807) is 7.05 Å². The van der Waals surface area contributed by atoms with E-state index >= 15 is 0 Å². The molecule has 0 aromatic heterocycles. The number of alkyl halides is 3. The molecular formula is C11H11F4N. The quantitative estimate of drug-likeness (QED) is 0.774. The van der Waals surface area contributed by atoms with E-state index in [0.29, 0.717) is 18.9 Å². The van der Waals surface area contributed by atoms with Gasteiger partial charge in [0.1, 0.15) is 5.82 Å². The van der Waals surface area contributed by atoms with Crippen LogP contribution in [0.25, 0.3) is 0 Å². The average molecular weight is 233 g/mol. The van der Waals surface area contributed by atoms with E-state index in [4.69, 9.17) is 0 Å². The average Bonchev–Trinajstić information content (AvgIpc) is 2.97. The Labute approximate surface area is 90.5 Å². The van der Waals surface area contributed by atoms with Crippen molar-refractivity contribution in [1.82, 2.24) is 5.32 Å². The molecule has 0 unspecified atom stereocenters. The van der Waals surface area contributed by atoms with Gasteiger partial charge in [0.2, 0.25) is 0 Å². The first kappa shape index (κ1) is 11.4. The van der Waals surface area contributed by atoms with Crippen LogP contribution in [0.4, 0.5) is 17.6 Å². The topological polar surface area (TPSA) is 12.0 Å². The van der Waals surface area contributed by atoms with Crippen LogP contribution in [0, 0.1) is 5.82 Å². The van der Waals surface area contributed by atoms with Crippen molar-refractivity contribution in [3.8, 4) is 0 Å². The Bertz CT molecular complexity index is 407. The summed E-state index contributed by atoms with van der Waals surface area (Å²) >= 11 is 0. The molecule has 0 aliphatic heterocycles. The Morgan fingerprint density at radius 1 is 1.25 bits per heavy atom. The summed E-state index contributed by atoms with van der Waals surface area (Å²) in [6.07, 6.45) is -3.21. The van der Waals surface area contributed by atoms with Gasteiger partial charge in [0.25, 0.3) is 0 Å². The first-order valence-corrected chi connectivity index (χ1v) is 4.95. The SMILES string of the molecule is CNC1(c2ccc(F)cc2C(F)(F)F)CC1. The van der Waals surface area contributed by atoms with E-state index in [2.05, 4.69) is 5.32 Å². The minimum atomic E-state index is -4.51. The van der Waals surface area contributed by atoms with Crippen LogP contribution in [0.15, 0.2) is 18.2 Å². The fourth-order valence-electron chi connectivity index (χ4n) is 1.95. The monoisotopic (exact) mass is 233 g/mol.